The van der Waals surface area contributed by atoms with E-state index in [0.29, 0.717) is 6.04 Å². The van der Waals surface area contributed by atoms with E-state index < -0.39 is 0 Å². The molecular weight excluding hydrogens is 124 g/mol. The number of rotatable bonds is 2. The lowest BCUT2D eigenvalue weighted by Crippen LogP contribution is -2.27. The summed E-state index contributed by atoms with van der Waals surface area (Å²) in [6, 6.07) is 0.387. The Hall–Kier alpha value is -0.520. The lowest BCUT2D eigenvalue weighted by Gasteiger charge is -2.11. The van der Waals surface area contributed by atoms with Gasteiger partial charge in [0.25, 0.3) is 0 Å². The quantitative estimate of drug-likeness (QED) is 0.546. The Kier molecular flexibility index (Phi) is 2.73. The van der Waals surface area contributed by atoms with E-state index in [4.69, 9.17) is 12.2 Å². The summed E-state index contributed by atoms with van der Waals surface area (Å²) in [5, 5.41) is 0. The third-order valence-electron chi connectivity index (χ3n) is 1.88. The number of terminal acetylenes is 1. The van der Waals surface area contributed by atoms with E-state index in [1.165, 1.54) is 0 Å². The Bertz CT molecular complexity index is 137. The van der Waals surface area contributed by atoms with Crippen LogP contribution in [-0.4, -0.2) is 30.6 Å². The lowest BCUT2D eigenvalue weighted by atomic mass is 10.3. The molecule has 56 valence electrons. The molecular formula is C8H14N2. The van der Waals surface area contributed by atoms with Gasteiger partial charge in [-0.3, -0.25) is 0 Å². The SMILES string of the molecule is C#CCCN1CC[C@H](N)C1. The fourth-order valence-corrected chi connectivity index (χ4v) is 1.29. The highest BCUT2D eigenvalue weighted by Crippen LogP contribution is 2.06. The van der Waals surface area contributed by atoms with E-state index in [1.54, 1.807) is 0 Å². The Morgan fingerprint density at radius 2 is 2.50 bits per heavy atom. The summed E-state index contributed by atoms with van der Waals surface area (Å²) in [6.07, 6.45) is 7.12. The summed E-state index contributed by atoms with van der Waals surface area (Å²) < 4.78 is 0. The molecule has 0 spiro atoms. The Balaban J connectivity index is 2.14. The van der Waals surface area contributed by atoms with Crippen LogP contribution >= 0.6 is 0 Å². The van der Waals surface area contributed by atoms with Gasteiger partial charge in [-0.05, 0) is 13.0 Å². The molecule has 2 N–H and O–H groups in total. The summed E-state index contributed by atoms with van der Waals surface area (Å²) in [4.78, 5) is 2.32. The third-order valence-corrected chi connectivity index (χ3v) is 1.88. The molecule has 0 aromatic heterocycles. The maximum absolute atomic E-state index is 5.70. The Morgan fingerprint density at radius 3 is 3.00 bits per heavy atom. The van der Waals surface area contributed by atoms with Gasteiger partial charge in [-0.25, -0.2) is 0 Å². The second-order valence-electron chi connectivity index (χ2n) is 2.80. The highest BCUT2D eigenvalue weighted by molar-refractivity contribution is 4.87. The molecule has 1 atom stereocenters. The van der Waals surface area contributed by atoms with Gasteiger partial charge >= 0.3 is 0 Å². The number of nitrogens with zero attached hydrogens (tertiary/aromatic N) is 1. The van der Waals surface area contributed by atoms with Crippen molar-refractivity contribution in [1.82, 2.24) is 4.90 Å². The van der Waals surface area contributed by atoms with Crippen LogP contribution in [0.1, 0.15) is 12.8 Å². The van der Waals surface area contributed by atoms with Crippen molar-refractivity contribution in [2.45, 2.75) is 18.9 Å². The fourth-order valence-electron chi connectivity index (χ4n) is 1.29. The molecule has 1 rings (SSSR count). The highest BCUT2D eigenvalue weighted by atomic mass is 15.2. The summed E-state index contributed by atoms with van der Waals surface area (Å²) in [5.74, 6) is 2.63. The maximum atomic E-state index is 5.70. The number of nitrogens with two attached hydrogens (primary N) is 1. The summed E-state index contributed by atoms with van der Waals surface area (Å²) in [5.41, 5.74) is 5.70. The minimum atomic E-state index is 0.387. The predicted octanol–water partition coefficient (Wildman–Crippen LogP) is 0.0427. The van der Waals surface area contributed by atoms with Crippen LogP contribution in [-0.2, 0) is 0 Å². The lowest BCUT2D eigenvalue weighted by molar-refractivity contribution is 0.343. The van der Waals surface area contributed by atoms with Gasteiger partial charge in [-0.1, -0.05) is 0 Å². The molecule has 0 aromatic rings. The van der Waals surface area contributed by atoms with E-state index in [0.717, 1.165) is 32.5 Å². The van der Waals surface area contributed by atoms with E-state index in [1.807, 2.05) is 0 Å². The summed E-state index contributed by atoms with van der Waals surface area (Å²) in [6.45, 7) is 3.18. The Labute approximate surface area is 62.4 Å². The average molecular weight is 138 g/mol. The van der Waals surface area contributed by atoms with Gasteiger partial charge < -0.3 is 10.6 Å². The molecule has 0 aliphatic carbocycles. The Morgan fingerprint density at radius 1 is 1.70 bits per heavy atom. The molecule has 2 heteroatoms. The zero-order chi connectivity index (χ0) is 7.40. The van der Waals surface area contributed by atoms with Crippen LogP contribution in [0.4, 0.5) is 0 Å². The fraction of sp³-hybridized carbons (Fsp3) is 0.750. The summed E-state index contributed by atoms with van der Waals surface area (Å²) >= 11 is 0. The molecule has 0 aromatic carbocycles. The number of hydrogen-bond donors (Lipinski definition) is 1. The minimum absolute atomic E-state index is 0.387. The van der Waals surface area contributed by atoms with Crippen molar-refractivity contribution in [3.05, 3.63) is 0 Å². The zero-order valence-corrected chi connectivity index (χ0v) is 6.21. The first kappa shape index (κ1) is 7.59. The van der Waals surface area contributed by atoms with Gasteiger partial charge in [0, 0.05) is 25.6 Å². The first-order chi connectivity index (χ1) is 4.83. The standard InChI is InChI=1S/C8H14N2/c1-2-3-5-10-6-4-8(9)7-10/h1,8H,3-7,9H2/t8-/m0/s1. The maximum Gasteiger partial charge on any atom is 0.0214 e. The third kappa shape index (κ3) is 2.02. The highest BCUT2D eigenvalue weighted by Gasteiger charge is 2.17. The van der Waals surface area contributed by atoms with Crippen molar-refractivity contribution < 1.29 is 0 Å². The molecule has 10 heavy (non-hydrogen) atoms. The molecule has 1 heterocycles. The molecule has 0 radical (unpaired) electrons. The molecule has 1 saturated heterocycles. The second-order valence-corrected chi connectivity index (χ2v) is 2.80. The van der Waals surface area contributed by atoms with Gasteiger partial charge in [0.1, 0.15) is 0 Å². The first-order valence-electron chi connectivity index (χ1n) is 3.74. The second kappa shape index (κ2) is 3.60. The zero-order valence-electron chi connectivity index (χ0n) is 6.21. The molecule has 1 aliphatic rings. The van der Waals surface area contributed by atoms with Crippen molar-refractivity contribution in [2.75, 3.05) is 19.6 Å². The molecule has 0 amide bonds. The van der Waals surface area contributed by atoms with Gasteiger partial charge in [-0.2, -0.15) is 0 Å². The van der Waals surface area contributed by atoms with E-state index in [9.17, 15) is 0 Å². The van der Waals surface area contributed by atoms with Crippen LogP contribution in [0.2, 0.25) is 0 Å². The smallest absolute Gasteiger partial charge is 0.0214 e. The molecule has 1 fully saturated rings. The van der Waals surface area contributed by atoms with Crippen molar-refractivity contribution in [3.8, 4) is 12.3 Å². The average Bonchev–Trinajstić information content (AvgIpc) is 2.31. The van der Waals surface area contributed by atoms with E-state index in [-0.39, 0.29) is 0 Å². The normalized spacial score (nSPS) is 26.6. The molecule has 0 saturated carbocycles. The van der Waals surface area contributed by atoms with E-state index in [2.05, 4.69) is 10.8 Å². The first-order valence-corrected chi connectivity index (χ1v) is 3.74. The predicted molar refractivity (Wildman–Crippen MR) is 42.5 cm³/mol. The van der Waals surface area contributed by atoms with Crippen LogP contribution in [0.3, 0.4) is 0 Å². The molecule has 0 bridgehead atoms. The topological polar surface area (TPSA) is 29.3 Å². The van der Waals surface area contributed by atoms with Crippen molar-refractivity contribution in [3.63, 3.8) is 0 Å². The number of likely N-dealkylation sites (tertiary alicyclic amines) is 1. The molecule has 2 nitrogen and oxygen atoms in total. The molecule has 0 unspecified atom stereocenters. The van der Waals surface area contributed by atoms with Crippen LogP contribution in [0.15, 0.2) is 0 Å². The van der Waals surface area contributed by atoms with Gasteiger partial charge in [0.2, 0.25) is 0 Å². The van der Waals surface area contributed by atoms with Gasteiger partial charge in [-0.15, -0.1) is 12.3 Å². The van der Waals surface area contributed by atoms with Crippen molar-refractivity contribution in [1.29, 1.82) is 0 Å². The van der Waals surface area contributed by atoms with Gasteiger partial charge in [0.05, 0.1) is 0 Å². The number of hydrogen-bond acceptors (Lipinski definition) is 2. The minimum Gasteiger partial charge on any atom is -0.326 e. The van der Waals surface area contributed by atoms with Crippen molar-refractivity contribution >= 4 is 0 Å². The van der Waals surface area contributed by atoms with Crippen LogP contribution < -0.4 is 5.73 Å². The van der Waals surface area contributed by atoms with Crippen LogP contribution in [0.25, 0.3) is 0 Å². The van der Waals surface area contributed by atoms with Crippen molar-refractivity contribution in [2.24, 2.45) is 5.73 Å². The van der Waals surface area contributed by atoms with Gasteiger partial charge in [0.15, 0.2) is 0 Å². The van der Waals surface area contributed by atoms with Crippen LogP contribution in [0.5, 0.6) is 0 Å². The largest absolute Gasteiger partial charge is 0.326 e. The molecule has 1 aliphatic heterocycles. The summed E-state index contributed by atoms with van der Waals surface area (Å²) in [7, 11) is 0. The van der Waals surface area contributed by atoms with Crippen LogP contribution in [0, 0.1) is 12.3 Å². The monoisotopic (exact) mass is 138 g/mol. The van der Waals surface area contributed by atoms with E-state index >= 15 is 0 Å².